The summed E-state index contributed by atoms with van der Waals surface area (Å²) >= 11 is 0. The van der Waals surface area contributed by atoms with Crippen LogP contribution in [0.4, 0.5) is 5.69 Å². The molecule has 0 radical (unpaired) electrons. The fourth-order valence-corrected chi connectivity index (χ4v) is 7.15. The fraction of sp³-hybridized carbons (Fsp3) is 0.375. The number of nitrogens with zero attached hydrogens (tertiary/aromatic N) is 2. The van der Waals surface area contributed by atoms with Crippen LogP contribution in [-0.2, 0) is 26.2 Å². The Hall–Kier alpha value is -3.89. The van der Waals surface area contributed by atoms with Crippen molar-refractivity contribution in [3.05, 3.63) is 84.4 Å². The van der Waals surface area contributed by atoms with Crippen LogP contribution in [0.2, 0.25) is 0 Å². The summed E-state index contributed by atoms with van der Waals surface area (Å²) in [6, 6.07) is 22.6. The first kappa shape index (κ1) is 29.6. The zero-order chi connectivity index (χ0) is 29.5. The average molecular weight is 592 g/mol. The van der Waals surface area contributed by atoms with Crippen molar-refractivity contribution < 1.29 is 27.5 Å². The molecule has 1 fully saturated rings. The third-order valence-electron chi connectivity index (χ3n) is 7.69. The number of hydrogen-bond donors (Lipinski definition) is 1. The van der Waals surface area contributed by atoms with Crippen molar-refractivity contribution in [2.75, 3.05) is 24.6 Å². The molecular weight excluding hydrogens is 554 g/mol. The number of anilines is 1. The van der Waals surface area contributed by atoms with E-state index < -0.39 is 22.0 Å². The predicted molar refractivity (Wildman–Crippen MR) is 160 cm³/mol. The molecular formula is C32H37N3O6S. The molecule has 1 unspecified atom stereocenters. The van der Waals surface area contributed by atoms with Gasteiger partial charge in [0, 0.05) is 12.6 Å². The van der Waals surface area contributed by atoms with Crippen LogP contribution in [-0.4, -0.2) is 56.4 Å². The number of rotatable bonds is 10. The second-order valence-electron chi connectivity index (χ2n) is 10.5. The lowest BCUT2D eigenvalue weighted by molar-refractivity contribution is -0.128. The highest BCUT2D eigenvalue weighted by molar-refractivity contribution is 7.89. The van der Waals surface area contributed by atoms with Crippen molar-refractivity contribution in [1.82, 2.24) is 9.62 Å². The first-order valence-corrected chi connectivity index (χ1v) is 15.9. The molecule has 1 atom stereocenters. The standard InChI is InChI=1S/C32H37N3O6S/c1-2-40-26-17-19-27(20-18-26)42(38,39)35(25-13-7-4-8-14-25)23-31(36)34-22-30(41-29-16-10-9-15-28(29)34)32(37)33-21-24-11-5-3-6-12-24/h3,5-6,9-12,15-20,25,30H,2,4,7-8,13-14,21-23H2,1H3,(H,33,37). The van der Waals surface area contributed by atoms with Crippen LogP contribution < -0.4 is 19.7 Å². The van der Waals surface area contributed by atoms with E-state index in [4.69, 9.17) is 9.47 Å². The highest BCUT2D eigenvalue weighted by Crippen LogP contribution is 2.34. The molecule has 1 aliphatic heterocycles. The summed E-state index contributed by atoms with van der Waals surface area (Å²) in [6.45, 7) is 2.29. The summed E-state index contributed by atoms with van der Waals surface area (Å²) in [5.74, 6) is 0.220. The summed E-state index contributed by atoms with van der Waals surface area (Å²) in [6.07, 6.45) is 3.27. The minimum Gasteiger partial charge on any atom is -0.494 e. The first-order chi connectivity index (χ1) is 20.4. The molecule has 0 bridgehead atoms. The van der Waals surface area contributed by atoms with Gasteiger partial charge in [-0.25, -0.2) is 8.42 Å². The van der Waals surface area contributed by atoms with Crippen molar-refractivity contribution in [2.45, 2.75) is 62.6 Å². The van der Waals surface area contributed by atoms with Gasteiger partial charge in [0.05, 0.1) is 30.3 Å². The molecule has 222 valence electrons. The summed E-state index contributed by atoms with van der Waals surface area (Å²) in [5, 5.41) is 2.89. The maximum atomic E-state index is 14.0. The highest BCUT2D eigenvalue weighted by atomic mass is 32.2. The maximum absolute atomic E-state index is 14.0. The summed E-state index contributed by atoms with van der Waals surface area (Å²) < 4.78 is 40.8. The van der Waals surface area contributed by atoms with E-state index in [1.807, 2.05) is 37.3 Å². The zero-order valence-corrected chi connectivity index (χ0v) is 24.6. The summed E-state index contributed by atoms with van der Waals surface area (Å²) in [5.41, 5.74) is 1.45. The largest absolute Gasteiger partial charge is 0.494 e. The molecule has 0 aromatic heterocycles. The molecule has 1 saturated carbocycles. The average Bonchev–Trinajstić information content (AvgIpc) is 3.03. The van der Waals surface area contributed by atoms with Crippen molar-refractivity contribution >= 4 is 27.5 Å². The number of para-hydroxylation sites is 2. The first-order valence-electron chi connectivity index (χ1n) is 14.5. The van der Waals surface area contributed by atoms with Crippen LogP contribution in [0.15, 0.2) is 83.8 Å². The quantitative estimate of drug-likeness (QED) is 0.372. The monoisotopic (exact) mass is 591 g/mol. The van der Waals surface area contributed by atoms with Crippen molar-refractivity contribution in [3.8, 4) is 11.5 Å². The number of benzene rings is 3. The smallest absolute Gasteiger partial charge is 0.263 e. The number of hydrogen-bond acceptors (Lipinski definition) is 6. The Morgan fingerprint density at radius 3 is 2.36 bits per heavy atom. The van der Waals surface area contributed by atoms with Crippen LogP contribution in [0.5, 0.6) is 11.5 Å². The van der Waals surface area contributed by atoms with Crippen LogP contribution in [0.3, 0.4) is 0 Å². The van der Waals surface area contributed by atoms with Crippen molar-refractivity contribution in [3.63, 3.8) is 0 Å². The van der Waals surface area contributed by atoms with E-state index in [1.54, 1.807) is 36.4 Å². The van der Waals surface area contributed by atoms with Crippen LogP contribution in [0, 0.1) is 0 Å². The second-order valence-corrected chi connectivity index (χ2v) is 12.4. The summed E-state index contributed by atoms with van der Waals surface area (Å²) in [7, 11) is -3.99. The Morgan fingerprint density at radius 2 is 1.64 bits per heavy atom. The van der Waals surface area contributed by atoms with Crippen LogP contribution in [0.25, 0.3) is 0 Å². The molecule has 3 aromatic rings. The molecule has 5 rings (SSSR count). The lowest BCUT2D eigenvalue weighted by atomic mass is 9.95. The van der Waals surface area contributed by atoms with Crippen molar-refractivity contribution in [2.24, 2.45) is 0 Å². The molecule has 1 aliphatic carbocycles. The molecule has 9 nitrogen and oxygen atoms in total. The van der Waals surface area contributed by atoms with E-state index in [9.17, 15) is 18.0 Å². The van der Waals surface area contributed by atoms with Gasteiger partial charge in [0.1, 0.15) is 11.5 Å². The lowest BCUT2D eigenvalue weighted by Crippen LogP contribution is -2.54. The molecule has 2 amide bonds. The topological polar surface area (TPSA) is 105 Å². The normalized spacial score (nSPS) is 17.3. The molecule has 10 heteroatoms. The lowest BCUT2D eigenvalue weighted by Gasteiger charge is -2.37. The van der Waals surface area contributed by atoms with Gasteiger partial charge in [-0.3, -0.25) is 9.59 Å². The number of ether oxygens (including phenoxy) is 2. The second kappa shape index (κ2) is 13.4. The van der Waals surface area contributed by atoms with Gasteiger partial charge in [0.15, 0.2) is 6.10 Å². The number of carbonyl (C=O) groups excluding carboxylic acids is 2. The number of amides is 2. The maximum Gasteiger partial charge on any atom is 0.263 e. The molecule has 0 spiro atoms. The molecule has 1 N–H and O–H groups in total. The van der Waals surface area contributed by atoms with E-state index in [2.05, 4.69) is 5.32 Å². The number of nitrogens with one attached hydrogen (secondary N) is 1. The van der Waals surface area contributed by atoms with Crippen LogP contribution >= 0.6 is 0 Å². The van der Waals surface area contributed by atoms with Crippen LogP contribution in [0.1, 0.15) is 44.6 Å². The minimum atomic E-state index is -3.99. The molecule has 0 saturated heterocycles. The van der Waals surface area contributed by atoms with Gasteiger partial charge >= 0.3 is 0 Å². The van der Waals surface area contributed by atoms with Gasteiger partial charge in [-0.15, -0.1) is 0 Å². The van der Waals surface area contributed by atoms with E-state index in [-0.39, 0.29) is 29.9 Å². The van der Waals surface area contributed by atoms with E-state index in [0.29, 0.717) is 43.2 Å². The van der Waals surface area contributed by atoms with E-state index in [1.165, 1.54) is 21.3 Å². The van der Waals surface area contributed by atoms with Gasteiger partial charge in [0.2, 0.25) is 15.9 Å². The fourth-order valence-electron chi connectivity index (χ4n) is 5.51. The van der Waals surface area contributed by atoms with Gasteiger partial charge in [-0.2, -0.15) is 4.31 Å². The Labute approximate surface area is 247 Å². The third-order valence-corrected chi connectivity index (χ3v) is 9.60. The van der Waals surface area contributed by atoms with E-state index >= 15 is 0 Å². The van der Waals surface area contributed by atoms with E-state index in [0.717, 1.165) is 24.8 Å². The van der Waals surface area contributed by atoms with Gasteiger partial charge in [-0.05, 0) is 61.7 Å². The number of fused-ring (bicyclic) bond motifs is 1. The molecule has 3 aromatic carbocycles. The molecule has 42 heavy (non-hydrogen) atoms. The van der Waals surface area contributed by atoms with Crippen molar-refractivity contribution in [1.29, 1.82) is 0 Å². The zero-order valence-electron chi connectivity index (χ0n) is 23.8. The summed E-state index contributed by atoms with van der Waals surface area (Å²) in [4.78, 5) is 28.7. The van der Waals surface area contributed by atoms with Gasteiger partial charge in [-0.1, -0.05) is 61.7 Å². The highest BCUT2D eigenvalue weighted by Gasteiger charge is 2.38. The number of carbonyl (C=O) groups is 2. The Bertz CT molecular complexity index is 1470. The minimum absolute atomic E-state index is 0.0297. The third kappa shape index (κ3) is 6.77. The Morgan fingerprint density at radius 1 is 0.952 bits per heavy atom. The molecule has 2 aliphatic rings. The Kier molecular flexibility index (Phi) is 9.44. The Balaban J connectivity index is 1.38. The SMILES string of the molecule is CCOc1ccc(S(=O)(=O)N(CC(=O)N2CC(C(=O)NCc3ccccc3)Oc3ccccc32)C2CCCCC2)cc1. The predicted octanol–water partition coefficient (Wildman–Crippen LogP) is 4.52. The number of sulfonamides is 1. The van der Waals surface area contributed by atoms with Gasteiger partial charge < -0.3 is 19.7 Å². The van der Waals surface area contributed by atoms with Gasteiger partial charge in [0.25, 0.3) is 5.91 Å². The molecule has 1 heterocycles.